The summed E-state index contributed by atoms with van der Waals surface area (Å²) in [6, 6.07) is 15.7. The highest BCUT2D eigenvalue weighted by Crippen LogP contribution is 2.38. The number of hydrogen-bond acceptors (Lipinski definition) is 4. The number of carbonyl (C=O) groups is 2. The minimum atomic E-state index is -0.238. The average molecular weight is 423 g/mol. The van der Waals surface area contributed by atoms with Gasteiger partial charge < -0.3 is 19.7 Å². The number of rotatable bonds is 7. The fraction of sp³-hybridized carbons (Fsp3) is 0.440. The fourth-order valence-corrected chi connectivity index (χ4v) is 4.34. The van der Waals surface area contributed by atoms with Crippen molar-refractivity contribution in [3.05, 3.63) is 59.7 Å². The van der Waals surface area contributed by atoms with E-state index in [2.05, 4.69) is 5.32 Å². The molecule has 2 fully saturated rings. The maximum atomic E-state index is 13.0. The molecule has 1 aliphatic heterocycles. The number of nitrogens with zero attached hydrogens (tertiary/aromatic N) is 1. The molecule has 0 bridgehead atoms. The normalized spacial score (nSPS) is 20.8. The largest absolute Gasteiger partial charge is 0.493 e. The highest BCUT2D eigenvalue weighted by Gasteiger charge is 2.39. The van der Waals surface area contributed by atoms with E-state index in [-0.39, 0.29) is 29.6 Å². The van der Waals surface area contributed by atoms with Crippen molar-refractivity contribution in [2.24, 2.45) is 11.8 Å². The first kappa shape index (κ1) is 21.2. The van der Waals surface area contributed by atoms with Crippen molar-refractivity contribution in [2.45, 2.75) is 31.7 Å². The molecule has 2 aromatic rings. The summed E-state index contributed by atoms with van der Waals surface area (Å²) in [5.74, 6) is 1.49. The standard InChI is InChI=1S/C25H30N2O4/c1-30-22-11-10-19(13-23(22)31-2)20-12-21(16-27(15-20)25(29)18-8-9-18)24(28)26-14-17-6-4-3-5-7-17/h3-7,10-11,13,18,20-21H,8-9,12,14-16H2,1-2H3,(H,26,28)/t20-,21-/m1/s1. The molecule has 6 heteroatoms. The van der Waals surface area contributed by atoms with Crippen LogP contribution in [0.3, 0.4) is 0 Å². The molecule has 0 aromatic heterocycles. The summed E-state index contributed by atoms with van der Waals surface area (Å²) in [7, 11) is 3.23. The van der Waals surface area contributed by atoms with Gasteiger partial charge in [-0.1, -0.05) is 36.4 Å². The minimum absolute atomic E-state index is 0.00243. The molecule has 1 saturated heterocycles. The van der Waals surface area contributed by atoms with E-state index in [9.17, 15) is 9.59 Å². The molecule has 6 nitrogen and oxygen atoms in total. The second-order valence-corrected chi connectivity index (χ2v) is 8.46. The summed E-state index contributed by atoms with van der Waals surface area (Å²) in [6.45, 7) is 1.61. The molecule has 0 radical (unpaired) electrons. The molecule has 2 aliphatic rings. The van der Waals surface area contributed by atoms with Crippen LogP contribution in [0.15, 0.2) is 48.5 Å². The van der Waals surface area contributed by atoms with Gasteiger partial charge >= 0.3 is 0 Å². The Kier molecular flexibility index (Phi) is 6.44. The van der Waals surface area contributed by atoms with E-state index in [4.69, 9.17) is 9.47 Å². The third-order valence-corrected chi connectivity index (χ3v) is 6.25. The van der Waals surface area contributed by atoms with E-state index in [1.54, 1.807) is 14.2 Å². The maximum absolute atomic E-state index is 13.0. The number of amides is 2. The maximum Gasteiger partial charge on any atom is 0.225 e. The van der Waals surface area contributed by atoms with E-state index < -0.39 is 0 Å². The van der Waals surface area contributed by atoms with E-state index in [0.29, 0.717) is 37.6 Å². The zero-order valence-corrected chi connectivity index (χ0v) is 18.2. The summed E-state index contributed by atoms with van der Waals surface area (Å²) in [4.78, 5) is 27.8. The number of piperidine rings is 1. The third-order valence-electron chi connectivity index (χ3n) is 6.25. The lowest BCUT2D eigenvalue weighted by molar-refractivity contribution is -0.137. The Hall–Kier alpha value is -3.02. The number of likely N-dealkylation sites (tertiary alicyclic amines) is 1. The second-order valence-electron chi connectivity index (χ2n) is 8.46. The van der Waals surface area contributed by atoms with Crippen LogP contribution < -0.4 is 14.8 Å². The van der Waals surface area contributed by atoms with Gasteiger partial charge in [-0.05, 0) is 42.5 Å². The Morgan fingerprint density at radius 2 is 1.71 bits per heavy atom. The zero-order valence-electron chi connectivity index (χ0n) is 18.2. The molecule has 31 heavy (non-hydrogen) atoms. The van der Waals surface area contributed by atoms with Gasteiger partial charge in [0.25, 0.3) is 0 Å². The van der Waals surface area contributed by atoms with Crippen LogP contribution in [0, 0.1) is 11.8 Å². The second kappa shape index (κ2) is 9.41. The number of methoxy groups -OCH3 is 2. The highest BCUT2D eigenvalue weighted by atomic mass is 16.5. The van der Waals surface area contributed by atoms with Crippen molar-refractivity contribution in [1.29, 1.82) is 0 Å². The molecule has 0 unspecified atom stereocenters. The Morgan fingerprint density at radius 3 is 2.39 bits per heavy atom. The first-order valence-corrected chi connectivity index (χ1v) is 10.9. The lowest BCUT2D eigenvalue weighted by Crippen LogP contribution is -2.48. The van der Waals surface area contributed by atoms with E-state index >= 15 is 0 Å². The van der Waals surface area contributed by atoms with Crippen LogP contribution in [-0.2, 0) is 16.1 Å². The molecule has 0 spiro atoms. The van der Waals surface area contributed by atoms with Crippen LogP contribution >= 0.6 is 0 Å². The van der Waals surface area contributed by atoms with Crippen LogP contribution in [0.25, 0.3) is 0 Å². The van der Waals surface area contributed by atoms with Crippen molar-refractivity contribution in [1.82, 2.24) is 10.2 Å². The number of hydrogen-bond donors (Lipinski definition) is 1. The molecule has 2 atom stereocenters. The van der Waals surface area contributed by atoms with Gasteiger partial charge in [0, 0.05) is 31.5 Å². The fourth-order valence-electron chi connectivity index (χ4n) is 4.34. The molecule has 1 N–H and O–H groups in total. The van der Waals surface area contributed by atoms with Crippen LogP contribution in [0.5, 0.6) is 11.5 Å². The minimum Gasteiger partial charge on any atom is -0.493 e. The lowest BCUT2D eigenvalue weighted by atomic mass is 9.83. The van der Waals surface area contributed by atoms with Gasteiger partial charge in [0.15, 0.2) is 11.5 Å². The molecule has 2 aromatic carbocycles. The summed E-state index contributed by atoms with van der Waals surface area (Å²) >= 11 is 0. The summed E-state index contributed by atoms with van der Waals surface area (Å²) in [5, 5.41) is 3.06. The molecule has 1 saturated carbocycles. The van der Waals surface area contributed by atoms with E-state index in [1.165, 1.54) is 0 Å². The van der Waals surface area contributed by atoms with E-state index in [0.717, 1.165) is 24.0 Å². The molecule has 1 heterocycles. The average Bonchev–Trinajstić information content (AvgIpc) is 3.67. The topological polar surface area (TPSA) is 67.9 Å². The lowest BCUT2D eigenvalue weighted by Gasteiger charge is -2.37. The van der Waals surface area contributed by atoms with Gasteiger partial charge in [0.2, 0.25) is 11.8 Å². The first-order valence-electron chi connectivity index (χ1n) is 10.9. The Bertz CT molecular complexity index is 926. The highest BCUT2D eigenvalue weighted by molar-refractivity contribution is 5.83. The summed E-state index contributed by atoms with van der Waals surface area (Å²) in [5.41, 5.74) is 2.13. The number of nitrogens with one attached hydrogen (secondary N) is 1. The zero-order chi connectivity index (χ0) is 21.8. The monoisotopic (exact) mass is 422 g/mol. The number of ether oxygens (including phenoxy) is 2. The number of carbonyl (C=O) groups excluding carboxylic acids is 2. The van der Waals surface area contributed by atoms with Crippen molar-refractivity contribution in [3.63, 3.8) is 0 Å². The molecule has 4 rings (SSSR count). The SMILES string of the molecule is COc1ccc([C@@H]2C[C@@H](C(=O)NCc3ccccc3)CN(C(=O)C3CC3)C2)cc1OC. The number of benzene rings is 2. The Labute approximate surface area is 183 Å². The molecular weight excluding hydrogens is 392 g/mol. The van der Waals surface area contributed by atoms with Crippen molar-refractivity contribution < 1.29 is 19.1 Å². The van der Waals surface area contributed by atoms with Gasteiger partial charge in [-0.2, -0.15) is 0 Å². The Balaban J connectivity index is 1.51. The van der Waals surface area contributed by atoms with Crippen molar-refractivity contribution >= 4 is 11.8 Å². The van der Waals surface area contributed by atoms with Crippen molar-refractivity contribution in [2.75, 3.05) is 27.3 Å². The molecule has 164 valence electrons. The Morgan fingerprint density at radius 1 is 0.968 bits per heavy atom. The van der Waals surface area contributed by atoms with Crippen LogP contribution in [0.2, 0.25) is 0 Å². The first-order chi connectivity index (χ1) is 15.1. The third kappa shape index (κ3) is 5.01. The van der Waals surface area contributed by atoms with Crippen molar-refractivity contribution in [3.8, 4) is 11.5 Å². The van der Waals surface area contributed by atoms with Gasteiger partial charge in [0.05, 0.1) is 20.1 Å². The van der Waals surface area contributed by atoms with Gasteiger partial charge in [-0.25, -0.2) is 0 Å². The predicted molar refractivity (Wildman–Crippen MR) is 118 cm³/mol. The molecule has 1 aliphatic carbocycles. The molecular formula is C25H30N2O4. The van der Waals surface area contributed by atoms with Crippen LogP contribution in [-0.4, -0.2) is 44.0 Å². The van der Waals surface area contributed by atoms with Crippen LogP contribution in [0.1, 0.15) is 36.3 Å². The van der Waals surface area contributed by atoms with Gasteiger partial charge in [-0.3, -0.25) is 9.59 Å². The summed E-state index contributed by atoms with van der Waals surface area (Å²) in [6.07, 6.45) is 2.62. The predicted octanol–water partition coefficient (Wildman–Crippen LogP) is 3.36. The van der Waals surface area contributed by atoms with E-state index in [1.807, 2.05) is 53.4 Å². The smallest absolute Gasteiger partial charge is 0.225 e. The van der Waals surface area contributed by atoms with Gasteiger partial charge in [0.1, 0.15) is 0 Å². The van der Waals surface area contributed by atoms with Gasteiger partial charge in [-0.15, -0.1) is 0 Å². The van der Waals surface area contributed by atoms with Crippen LogP contribution in [0.4, 0.5) is 0 Å². The summed E-state index contributed by atoms with van der Waals surface area (Å²) < 4.78 is 10.8. The molecule has 2 amide bonds. The quantitative estimate of drug-likeness (QED) is 0.743.